The standard InChI is InChI=1S/C15H22N4O3/c20-8-5-12-10-19(7-6-18(12)9-11-1-2-11)14-4-3-13(15(21)22)16-17-14/h3-4,11-12,20H,1-2,5-10H2,(H,21,22). The molecule has 22 heavy (non-hydrogen) atoms. The van der Waals surface area contributed by atoms with E-state index in [1.54, 1.807) is 6.07 Å². The molecule has 2 N–H and O–H groups in total. The number of aromatic nitrogens is 2. The van der Waals surface area contributed by atoms with Crippen molar-refractivity contribution in [3.8, 4) is 0 Å². The average Bonchev–Trinajstić information content (AvgIpc) is 3.33. The Bertz CT molecular complexity index is 518. The number of rotatable bonds is 6. The monoisotopic (exact) mass is 306 g/mol. The molecule has 1 aromatic rings. The smallest absolute Gasteiger partial charge is 0.356 e. The van der Waals surface area contributed by atoms with Crippen LogP contribution >= 0.6 is 0 Å². The second-order valence-electron chi connectivity index (χ2n) is 6.13. The van der Waals surface area contributed by atoms with E-state index in [1.807, 2.05) is 0 Å². The number of carbonyl (C=O) groups is 1. The van der Waals surface area contributed by atoms with Crippen LogP contribution in [0.2, 0.25) is 0 Å². The number of piperazine rings is 1. The van der Waals surface area contributed by atoms with Crippen LogP contribution in [0.3, 0.4) is 0 Å². The predicted octanol–water partition coefficient (Wildman–Crippen LogP) is 0.458. The number of nitrogens with zero attached hydrogens (tertiary/aromatic N) is 4. The molecule has 2 aliphatic rings. The quantitative estimate of drug-likeness (QED) is 0.789. The van der Waals surface area contributed by atoms with E-state index in [1.165, 1.54) is 18.9 Å². The third-order valence-electron chi connectivity index (χ3n) is 4.45. The topological polar surface area (TPSA) is 89.8 Å². The molecule has 120 valence electrons. The average molecular weight is 306 g/mol. The van der Waals surface area contributed by atoms with E-state index in [4.69, 9.17) is 5.11 Å². The zero-order valence-electron chi connectivity index (χ0n) is 12.6. The van der Waals surface area contributed by atoms with E-state index >= 15 is 0 Å². The van der Waals surface area contributed by atoms with Gasteiger partial charge in [-0.1, -0.05) is 0 Å². The van der Waals surface area contributed by atoms with Gasteiger partial charge in [-0.15, -0.1) is 10.2 Å². The molecule has 1 atom stereocenters. The van der Waals surface area contributed by atoms with Gasteiger partial charge in [0, 0.05) is 38.8 Å². The summed E-state index contributed by atoms with van der Waals surface area (Å²) in [7, 11) is 0. The van der Waals surface area contributed by atoms with Crippen molar-refractivity contribution < 1.29 is 15.0 Å². The Hall–Kier alpha value is -1.73. The van der Waals surface area contributed by atoms with E-state index in [9.17, 15) is 9.90 Å². The molecule has 7 heteroatoms. The van der Waals surface area contributed by atoms with Crippen molar-refractivity contribution in [2.75, 3.05) is 37.7 Å². The van der Waals surface area contributed by atoms with Crippen molar-refractivity contribution in [2.45, 2.75) is 25.3 Å². The summed E-state index contributed by atoms with van der Waals surface area (Å²) in [5.74, 6) is 0.479. The van der Waals surface area contributed by atoms with E-state index in [0.29, 0.717) is 11.9 Å². The summed E-state index contributed by atoms with van der Waals surface area (Å²) < 4.78 is 0. The van der Waals surface area contributed by atoms with Crippen molar-refractivity contribution in [1.29, 1.82) is 0 Å². The molecule has 1 aliphatic heterocycles. The Kier molecular flexibility index (Phi) is 4.54. The van der Waals surface area contributed by atoms with Crippen LogP contribution in [0, 0.1) is 5.92 Å². The van der Waals surface area contributed by atoms with Crippen LogP contribution in [-0.2, 0) is 0 Å². The third-order valence-corrected chi connectivity index (χ3v) is 4.45. The molecule has 0 bridgehead atoms. The van der Waals surface area contributed by atoms with Gasteiger partial charge in [0.25, 0.3) is 0 Å². The van der Waals surface area contributed by atoms with Crippen LogP contribution in [-0.4, -0.2) is 70.1 Å². The molecule has 2 heterocycles. The number of anilines is 1. The van der Waals surface area contributed by atoms with Gasteiger partial charge in [-0.2, -0.15) is 0 Å². The van der Waals surface area contributed by atoms with Crippen molar-refractivity contribution >= 4 is 11.8 Å². The van der Waals surface area contributed by atoms with Gasteiger partial charge < -0.3 is 15.1 Å². The largest absolute Gasteiger partial charge is 0.476 e. The molecule has 2 fully saturated rings. The number of hydrogen-bond donors (Lipinski definition) is 2. The van der Waals surface area contributed by atoms with Crippen molar-refractivity contribution in [2.24, 2.45) is 5.92 Å². The lowest BCUT2D eigenvalue weighted by atomic mass is 10.1. The molecule has 0 radical (unpaired) electrons. The summed E-state index contributed by atoms with van der Waals surface area (Å²) in [5.41, 5.74) is -0.0389. The zero-order chi connectivity index (χ0) is 15.5. The summed E-state index contributed by atoms with van der Waals surface area (Å²) in [5, 5.41) is 26.0. The van der Waals surface area contributed by atoms with Crippen molar-refractivity contribution in [3.63, 3.8) is 0 Å². The summed E-state index contributed by atoms with van der Waals surface area (Å²) in [4.78, 5) is 15.4. The lowest BCUT2D eigenvalue weighted by Gasteiger charge is -2.41. The Labute approximate surface area is 129 Å². The van der Waals surface area contributed by atoms with Gasteiger partial charge in [0.15, 0.2) is 11.5 Å². The molecule has 1 aliphatic carbocycles. The van der Waals surface area contributed by atoms with E-state index in [-0.39, 0.29) is 12.3 Å². The number of hydrogen-bond acceptors (Lipinski definition) is 6. The number of carboxylic acid groups (broad SMARTS) is 1. The second kappa shape index (κ2) is 6.58. The molecule has 1 saturated heterocycles. The number of carboxylic acids is 1. The summed E-state index contributed by atoms with van der Waals surface area (Å²) in [6, 6.07) is 3.52. The maximum absolute atomic E-state index is 10.8. The number of aliphatic hydroxyl groups excluding tert-OH is 1. The van der Waals surface area contributed by atoms with Gasteiger partial charge in [-0.25, -0.2) is 4.79 Å². The number of aliphatic hydroxyl groups is 1. The Morgan fingerprint density at radius 3 is 2.68 bits per heavy atom. The minimum absolute atomic E-state index is 0.0389. The van der Waals surface area contributed by atoms with Crippen LogP contribution in [0.5, 0.6) is 0 Å². The maximum atomic E-state index is 10.8. The van der Waals surface area contributed by atoms with Gasteiger partial charge in [-0.05, 0) is 37.3 Å². The van der Waals surface area contributed by atoms with Crippen LogP contribution < -0.4 is 4.90 Å². The molecule has 1 saturated carbocycles. The normalized spacial score (nSPS) is 22.8. The Balaban J connectivity index is 1.65. The highest BCUT2D eigenvalue weighted by atomic mass is 16.4. The fourth-order valence-corrected chi connectivity index (χ4v) is 3.00. The highest BCUT2D eigenvalue weighted by Crippen LogP contribution is 2.31. The molecule has 1 aromatic heterocycles. The van der Waals surface area contributed by atoms with Crippen LogP contribution in [0.15, 0.2) is 12.1 Å². The van der Waals surface area contributed by atoms with E-state index < -0.39 is 5.97 Å². The van der Waals surface area contributed by atoms with Crippen molar-refractivity contribution in [1.82, 2.24) is 15.1 Å². The summed E-state index contributed by atoms with van der Waals surface area (Å²) in [6.45, 7) is 3.92. The summed E-state index contributed by atoms with van der Waals surface area (Å²) >= 11 is 0. The Morgan fingerprint density at radius 1 is 1.27 bits per heavy atom. The lowest BCUT2D eigenvalue weighted by Crippen LogP contribution is -2.54. The fourth-order valence-electron chi connectivity index (χ4n) is 3.00. The molecule has 7 nitrogen and oxygen atoms in total. The Morgan fingerprint density at radius 2 is 2.09 bits per heavy atom. The summed E-state index contributed by atoms with van der Waals surface area (Å²) in [6.07, 6.45) is 3.41. The first kappa shape index (κ1) is 15.2. The highest BCUT2D eigenvalue weighted by molar-refractivity contribution is 5.85. The highest BCUT2D eigenvalue weighted by Gasteiger charge is 2.32. The minimum atomic E-state index is -1.06. The first-order valence-electron chi connectivity index (χ1n) is 7.84. The van der Waals surface area contributed by atoms with Gasteiger partial charge in [-0.3, -0.25) is 4.90 Å². The second-order valence-corrected chi connectivity index (χ2v) is 6.13. The molecule has 0 amide bonds. The zero-order valence-corrected chi connectivity index (χ0v) is 12.6. The van der Waals surface area contributed by atoms with E-state index in [0.717, 1.165) is 38.5 Å². The lowest BCUT2D eigenvalue weighted by molar-refractivity contribution is 0.0689. The predicted molar refractivity (Wildman–Crippen MR) is 81.0 cm³/mol. The van der Waals surface area contributed by atoms with Crippen LogP contribution in [0.1, 0.15) is 29.8 Å². The SMILES string of the molecule is O=C(O)c1ccc(N2CCN(CC3CC3)C(CCO)C2)nn1. The van der Waals surface area contributed by atoms with Gasteiger partial charge >= 0.3 is 5.97 Å². The van der Waals surface area contributed by atoms with Crippen molar-refractivity contribution in [3.05, 3.63) is 17.8 Å². The van der Waals surface area contributed by atoms with Gasteiger partial charge in [0.1, 0.15) is 0 Å². The molecule has 1 unspecified atom stereocenters. The number of aromatic carboxylic acids is 1. The molecular formula is C15H22N4O3. The molecule has 3 rings (SSSR count). The molecule has 0 aromatic carbocycles. The first-order valence-corrected chi connectivity index (χ1v) is 7.84. The van der Waals surface area contributed by atoms with Crippen LogP contribution in [0.4, 0.5) is 5.82 Å². The van der Waals surface area contributed by atoms with E-state index in [2.05, 4.69) is 20.0 Å². The van der Waals surface area contributed by atoms with Crippen LogP contribution in [0.25, 0.3) is 0 Å². The minimum Gasteiger partial charge on any atom is -0.476 e. The maximum Gasteiger partial charge on any atom is 0.356 e. The molecule has 0 spiro atoms. The van der Waals surface area contributed by atoms with Gasteiger partial charge in [0.05, 0.1) is 0 Å². The fraction of sp³-hybridized carbons (Fsp3) is 0.667. The first-order chi connectivity index (χ1) is 10.7. The third kappa shape index (κ3) is 3.53. The molecular weight excluding hydrogens is 284 g/mol. The van der Waals surface area contributed by atoms with Gasteiger partial charge in [0.2, 0.25) is 0 Å².